The van der Waals surface area contributed by atoms with Crippen LogP contribution < -0.4 is 0 Å². The molecular formula is C25H47N3O3. The van der Waals surface area contributed by atoms with E-state index in [-0.39, 0.29) is 40.1 Å². The van der Waals surface area contributed by atoms with E-state index >= 15 is 0 Å². The summed E-state index contributed by atoms with van der Waals surface area (Å²) >= 11 is 0. The number of hydrogen-bond acceptors (Lipinski definition) is 5. The quantitative estimate of drug-likeness (QED) is 0.463. The average molecular weight is 438 g/mol. The normalized spacial score (nSPS) is 26.2. The molecule has 0 atom stereocenters. The highest BCUT2D eigenvalue weighted by molar-refractivity contribution is 5.83. The van der Waals surface area contributed by atoms with Crippen molar-refractivity contribution in [1.82, 2.24) is 9.80 Å². The summed E-state index contributed by atoms with van der Waals surface area (Å²) < 4.78 is 5.35. The molecule has 0 aromatic rings. The standard InChI is InChI=1S/C13H24N2O.C12H23NO2/c1-10(16)14-9-11-7-12(2,3)15(6)13(4,5)8-11;1-9(14)15-10-7-11(2,3)13(6)12(4,5)8-10/h9,11H,7-8H2,1-6H3;10H,7-8H2,1-6H3. The highest BCUT2D eigenvalue weighted by atomic mass is 16.5. The number of ether oxygens (including phenoxy) is 1. The lowest BCUT2D eigenvalue weighted by atomic mass is 9.74. The highest BCUT2D eigenvalue weighted by Gasteiger charge is 2.44. The Hall–Kier alpha value is -1.27. The number of aliphatic imine (C=N–C) groups is 1. The topological polar surface area (TPSA) is 62.2 Å². The number of rotatable bonds is 2. The van der Waals surface area contributed by atoms with Crippen molar-refractivity contribution in [3.05, 3.63) is 0 Å². The summed E-state index contributed by atoms with van der Waals surface area (Å²) in [4.78, 5) is 30.6. The number of carbonyl (C=O) groups is 2. The van der Waals surface area contributed by atoms with E-state index < -0.39 is 0 Å². The van der Waals surface area contributed by atoms with Gasteiger partial charge >= 0.3 is 5.97 Å². The molecule has 1 amide bonds. The molecule has 0 radical (unpaired) electrons. The third kappa shape index (κ3) is 7.67. The van der Waals surface area contributed by atoms with Gasteiger partial charge in [-0.3, -0.25) is 19.4 Å². The van der Waals surface area contributed by atoms with Crippen molar-refractivity contribution in [2.24, 2.45) is 10.9 Å². The van der Waals surface area contributed by atoms with E-state index in [4.69, 9.17) is 4.74 Å². The number of hydrogen-bond donors (Lipinski definition) is 0. The van der Waals surface area contributed by atoms with Gasteiger partial charge in [0, 0.05) is 55.1 Å². The summed E-state index contributed by atoms with van der Waals surface area (Å²) in [5, 5.41) is 0. The Kier molecular flexibility index (Phi) is 8.68. The zero-order chi connectivity index (χ0) is 24.4. The predicted octanol–water partition coefficient (Wildman–Crippen LogP) is 4.70. The lowest BCUT2D eigenvalue weighted by Crippen LogP contribution is -2.60. The molecule has 0 unspecified atom stereocenters. The molecule has 2 saturated heterocycles. The van der Waals surface area contributed by atoms with Crippen molar-refractivity contribution in [3.8, 4) is 0 Å². The Balaban J connectivity index is 0.000000311. The molecule has 0 saturated carbocycles. The molecule has 6 heteroatoms. The number of likely N-dealkylation sites (tertiary alicyclic amines) is 2. The first-order chi connectivity index (χ1) is 13.8. The molecule has 180 valence electrons. The van der Waals surface area contributed by atoms with Gasteiger partial charge in [-0.15, -0.1) is 0 Å². The molecule has 2 aliphatic rings. The molecule has 0 spiro atoms. The lowest BCUT2D eigenvalue weighted by Gasteiger charge is -2.53. The fourth-order valence-electron chi connectivity index (χ4n) is 5.36. The summed E-state index contributed by atoms with van der Waals surface area (Å²) in [7, 11) is 4.32. The molecule has 2 fully saturated rings. The van der Waals surface area contributed by atoms with E-state index in [1.807, 2.05) is 6.21 Å². The maximum absolute atomic E-state index is 11.0. The maximum atomic E-state index is 11.0. The smallest absolute Gasteiger partial charge is 0.302 e. The second kappa shape index (κ2) is 9.70. The minimum Gasteiger partial charge on any atom is -0.462 e. The van der Waals surface area contributed by atoms with E-state index in [9.17, 15) is 9.59 Å². The van der Waals surface area contributed by atoms with Crippen LogP contribution in [0.3, 0.4) is 0 Å². The Morgan fingerprint density at radius 2 is 1.13 bits per heavy atom. The van der Waals surface area contributed by atoms with Crippen LogP contribution >= 0.6 is 0 Å². The Morgan fingerprint density at radius 1 is 0.774 bits per heavy atom. The zero-order valence-corrected chi connectivity index (χ0v) is 22.1. The van der Waals surface area contributed by atoms with E-state index in [0.717, 1.165) is 25.7 Å². The third-order valence-electron chi connectivity index (χ3n) is 7.41. The van der Waals surface area contributed by atoms with Gasteiger partial charge in [-0.1, -0.05) is 0 Å². The minimum atomic E-state index is -0.170. The van der Waals surface area contributed by atoms with Crippen molar-refractivity contribution < 1.29 is 14.3 Å². The molecular weight excluding hydrogens is 390 g/mol. The summed E-state index contributed by atoms with van der Waals surface area (Å²) in [6, 6.07) is 0. The molecule has 6 nitrogen and oxygen atoms in total. The summed E-state index contributed by atoms with van der Waals surface area (Å²) in [5.74, 6) is 0.135. The van der Waals surface area contributed by atoms with Gasteiger partial charge in [0.25, 0.3) is 0 Å². The van der Waals surface area contributed by atoms with Crippen LogP contribution in [0.5, 0.6) is 0 Å². The Bertz CT molecular complexity index is 643. The molecule has 0 bridgehead atoms. The van der Waals surface area contributed by atoms with Crippen molar-refractivity contribution in [1.29, 1.82) is 0 Å². The van der Waals surface area contributed by atoms with Crippen LogP contribution in [-0.2, 0) is 14.3 Å². The Morgan fingerprint density at radius 3 is 1.45 bits per heavy atom. The molecule has 2 heterocycles. The van der Waals surface area contributed by atoms with Gasteiger partial charge in [-0.05, 0) is 88.2 Å². The molecule has 0 N–H and O–H groups in total. The minimum absolute atomic E-state index is 0.0590. The lowest BCUT2D eigenvalue weighted by molar-refractivity contribution is -0.156. The van der Waals surface area contributed by atoms with E-state index in [1.165, 1.54) is 13.8 Å². The van der Waals surface area contributed by atoms with Gasteiger partial charge < -0.3 is 4.74 Å². The van der Waals surface area contributed by atoms with Gasteiger partial charge in [0.1, 0.15) is 6.10 Å². The first-order valence-corrected chi connectivity index (χ1v) is 11.5. The van der Waals surface area contributed by atoms with E-state index in [0.29, 0.717) is 5.92 Å². The second-order valence-electron chi connectivity index (χ2n) is 12.0. The van der Waals surface area contributed by atoms with Gasteiger partial charge in [0.05, 0.1) is 0 Å². The first kappa shape index (κ1) is 27.8. The number of nitrogens with zero attached hydrogens (tertiary/aromatic N) is 3. The van der Waals surface area contributed by atoms with Gasteiger partial charge in [-0.25, -0.2) is 4.99 Å². The fraction of sp³-hybridized carbons (Fsp3) is 0.880. The predicted molar refractivity (Wildman–Crippen MR) is 129 cm³/mol. The van der Waals surface area contributed by atoms with Crippen molar-refractivity contribution in [2.45, 2.75) is 123 Å². The third-order valence-corrected chi connectivity index (χ3v) is 7.41. The van der Waals surface area contributed by atoms with Crippen LogP contribution in [0.25, 0.3) is 0 Å². The number of piperidine rings is 2. The molecule has 2 aliphatic heterocycles. The molecule has 0 aliphatic carbocycles. The van der Waals surface area contributed by atoms with Crippen molar-refractivity contribution in [2.75, 3.05) is 14.1 Å². The molecule has 2 rings (SSSR count). The van der Waals surface area contributed by atoms with Crippen molar-refractivity contribution >= 4 is 18.1 Å². The molecule has 0 aromatic heterocycles. The maximum Gasteiger partial charge on any atom is 0.302 e. The fourth-order valence-corrected chi connectivity index (χ4v) is 5.36. The molecule has 31 heavy (non-hydrogen) atoms. The van der Waals surface area contributed by atoms with Crippen molar-refractivity contribution in [3.63, 3.8) is 0 Å². The van der Waals surface area contributed by atoms with Gasteiger partial charge in [0.15, 0.2) is 0 Å². The SMILES string of the molecule is CC(=O)N=CC1CC(C)(C)N(C)C(C)(C)C1.CC(=O)OC1CC(C)(C)N(C)C(C)(C)C1. The summed E-state index contributed by atoms with van der Waals surface area (Å²) in [6.07, 6.45) is 5.84. The van der Waals surface area contributed by atoms with Crippen LogP contribution in [-0.4, -0.2) is 70.2 Å². The van der Waals surface area contributed by atoms with Gasteiger partial charge in [0.2, 0.25) is 5.91 Å². The monoisotopic (exact) mass is 437 g/mol. The average Bonchev–Trinajstić information content (AvgIpc) is 2.54. The summed E-state index contributed by atoms with van der Waals surface area (Å²) in [5.41, 5.74) is 0.494. The van der Waals surface area contributed by atoms with Crippen LogP contribution in [0.1, 0.15) is 94.9 Å². The van der Waals surface area contributed by atoms with Crippen LogP contribution in [0.15, 0.2) is 4.99 Å². The molecule has 0 aromatic carbocycles. The van der Waals surface area contributed by atoms with Gasteiger partial charge in [-0.2, -0.15) is 0 Å². The summed E-state index contributed by atoms with van der Waals surface area (Å²) in [6.45, 7) is 20.8. The zero-order valence-electron chi connectivity index (χ0n) is 22.1. The first-order valence-electron chi connectivity index (χ1n) is 11.5. The number of amides is 1. The van der Waals surface area contributed by atoms with Crippen LogP contribution in [0, 0.1) is 5.92 Å². The van der Waals surface area contributed by atoms with E-state index in [1.54, 1.807) is 0 Å². The number of carbonyl (C=O) groups excluding carboxylic acids is 2. The Labute approximate surface area is 190 Å². The largest absolute Gasteiger partial charge is 0.462 e. The van der Waals surface area contributed by atoms with Crippen LogP contribution in [0.2, 0.25) is 0 Å². The van der Waals surface area contributed by atoms with Crippen LogP contribution in [0.4, 0.5) is 0 Å². The highest BCUT2D eigenvalue weighted by Crippen LogP contribution is 2.39. The van der Waals surface area contributed by atoms with E-state index in [2.05, 4.69) is 84.3 Å². The number of esters is 1. The second-order valence-corrected chi connectivity index (χ2v) is 12.0.